The van der Waals surface area contributed by atoms with Gasteiger partial charge in [-0.3, -0.25) is 19.1 Å². The van der Waals surface area contributed by atoms with Crippen LogP contribution in [0.3, 0.4) is 0 Å². The van der Waals surface area contributed by atoms with E-state index in [1.54, 1.807) is 41.3 Å². The first kappa shape index (κ1) is 23.0. The maximum Gasteiger partial charge on any atom is 0.266 e. The Hall–Kier alpha value is -4.79. The van der Waals surface area contributed by atoms with Crippen LogP contribution in [-0.2, 0) is 6.54 Å². The standard InChI is InChI=1S/C27H23N5O4/c1-2-36-21-11-9-20(10-12-21)32-26(34)22-13-8-19(14-23(22)27(32)35)25(33)30-24(15-31-17-28-16-29-31)18-6-4-3-5-7-18/h3-14,16-17,24H,2,15H2,1H3,(H,30,33). The second kappa shape index (κ2) is 9.83. The number of anilines is 1. The lowest BCUT2D eigenvalue weighted by molar-refractivity contribution is 0.0919. The Kier molecular flexibility index (Phi) is 6.27. The van der Waals surface area contributed by atoms with Crippen molar-refractivity contribution in [1.29, 1.82) is 0 Å². The van der Waals surface area contributed by atoms with Crippen LogP contribution in [0.4, 0.5) is 5.69 Å². The highest BCUT2D eigenvalue weighted by Crippen LogP contribution is 2.30. The van der Waals surface area contributed by atoms with Crippen LogP contribution in [0.5, 0.6) is 5.75 Å². The van der Waals surface area contributed by atoms with Crippen molar-refractivity contribution in [3.05, 3.63) is 108 Å². The molecule has 9 nitrogen and oxygen atoms in total. The number of ether oxygens (including phenoxy) is 1. The van der Waals surface area contributed by atoms with Gasteiger partial charge in [0.25, 0.3) is 17.7 Å². The third-order valence-electron chi connectivity index (χ3n) is 5.90. The Labute approximate surface area is 207 Å². The van der Waals surface area contributed by atoms with Gasteiger partial charge in [-0.1, -0.05) is 30.3 Å². The Bertz CT molecular complexity index is 1400. The van der Waals surface area contributed by atoms with E-state index in [4.69, 9.17) is 4.74 Å². The fourth-order valence-electron chi connectivity index (χ4n) is 4.15. The lowest BCUT2D eigenvalue weighted by atomic mass is 10.0. The van der Waals surface area contributed by atoms with Crippen molar-refractivity contribution < 1.29 is 19.1 Å². The molecule has 5 rings (SSSR count). The van der Waals surface area contributed by atoms with Crippen LogP contribution in [0.15, 0.2) is 85.5 Å². The summed E-state index contributed by atoms with van der Waals surface area (Å²) in [7, 11) is 0. The van der Waals surface area contributed by atoms with Crippen LogP contribution in [-0.4, -0.2) is 39.1 Å². The molecule has 1 aliphatic heterocycles. The average molecular weight is 482 g/mol. The Morgan fingerprint density at radius 2 is 1.72 bits per heavy atom. The summed E-state index contributed by atoms with van der Waals surface area (Å²) in [6.45, 7) is 2.77. The van der Waals surface area contributed by atoms with E-state index in [-0.39, 0.29) is 28.6 Å². The van der Waals surface area contributed by atoms with Gasteiger partial charge in [0.2, 0.25) is 0 Å². The van der Waals surface area contributed by atoms with Crippen LogP contribution in [0, 0.1) is 0 Å². The number of nitrogens with one attached hydrogen (secondary N) is 1. The number of hydrogen-bond donors (Lipinski definition) is 1. The number of hydrogen-bond acceptors (Lipinski definition) is 6. The minimum absolute atomic E-state index is 0.189. The van der Waals surface area contributed by atoms with Crippen LogP contribution < -0.4 is 15.0 Å². The first-order valence-corrected chi connectivity index (χ1v) is 11.5. The SMILES string of the molecule is CCOc1ccc(N2C(=O)c3ccc(C(=O)NC(Cn4cncn4)c4ccccc4)cc3C2=O)cc1. The van der Waals surface area contributed by atoms with E-state index in [0.29, 0.717) is 24.6 Å². The predicted molar refractivity (Wildman–Crippen MR) is 132 cm³/mol. The van der Waals surface area contributed by atoms with E-state index in [1.165, 1.54) is 18.5 Å². The number of fused-ring (bicyclic) bond motifs is 1. The number of imide groups is 1. The van der Waals surface area contributed by atoms with E-state index < -0.39 is 11.8 Å². The van der Waals surface area contributed by atoms with Crippen molar-refractivity contribution in [3.8, 4) is 5.75 Å². The highest BCUT2D eigenvalue weighted by molar-refractivity contribution is 6.34. The van der Waals surface area contributed by atoms with Gasteiger partial charge in [0, 0.05) is 5.56 Å². The minimum Gasteiger partial charge on any atom is -0.494 e. The van der Waals surface area contributed by atoms with E-state index in [0.717, 1.165) is 10.5 Å². The van der Waals surface area contributed by atoms with Crippen molar-refractivity contribution in [3.63, 3.8) is 0 Å². The molecule has 0 saturated carbocycles. The fraction of sp³-hybridized carbons (Fsp3) is 0.148. The van der Waals surface area contributed by atoms with Crippen LogP contribution in [0.2, 0.25) is 0 Å². The molecule has 0 bridgehead atoms. The van der Waals surface area contributed by atoms with Crippen molar-refractivity contribution >= 4 is 23.4 Å². The van der Waals surface area contributed by atoms with Gasteiger partial charge in [0.1, 0.15) is 18.4 Å². The van der Waals surface area contributed by atoms with Gasteiger partial charge in [0.05, 0.1) is 36.0 Å². The molecule has 36 heavy (non-hydrogen) atoms. The number of aromatic nitrogens is 3. The monoisotopic (exact) mass is 481 g/mol. The molecule has 1 aliphatic rings. The van der Waals surface area contributed by atoms with Crippen molar-refractivity contribution in [1.82, 2.24) is 20.1 Å². The van der Waals surface area contributed by atoms with Gasteiger partial charge in [0.15, 0.2) is 0 Å². The lowest BCUT2D eigenvalue weighted by Crippen LogP contribution is -2.31. The number of rotatable bonds is 8. The van der Waals surface area contributed by atoms with E-state index >= 15 is 0 Å². The molecule has 9 heteroatoms. The Morgan fingerprint density at radius 3 is 2.42 bits per heavy atom. The zero-order valence-corrected chi connectivity index (χ0v) is 19.5. The molecule has 0 saturated heterocycles. The summed E-state index contributed by atoms with van der Waals surface area (Å²) in [5.41, 5.74) is 2.06. The lowest BCUT2D eigenvalue weighted by Gasteiger charge is -2.19. The number of amides is 3. The fourth-order valence-corrected chi connectivity index (χ4v) is 4.15. The van der Waals surface area contributed by atoms with Gasteiger partial charge in [-0.05, 0) is 55.0 Å². The number of nitrogens with zero attached hydrogens (tertiary/aromatic N) is 4. The molecule has 0 spiro atoms. The van der Waals surface area contributed by atoms with Crippen molar-refractivity contribution in [2.45, 2.75) is 19.5 Å². The summed E-state index contributed by atoms with van der Waals surface area (Å²) in [6.07, 6.45) is 3.01. The summed E-state index contributed by atoms with van der Waals surface area (Å²) >= 11 is 0. The molecule has 1 unspecified atom stereocenters. The first-order valence-electron chi connectivity index (χ1n) is 11.5. The topological polar surface area (TPSA) is 106 Å². The molecule has 1 N–H and O–H groups in total. The molecule has 2 heterocycles. The van der Waals surface area contributed by atoms with Crippen LogP contribution >= 0.6 is 0 Å². The predicted octanol–water partition coefficient (Wildman–Crippen LogP) is 3.65. The molecule has 4 aromatic rings. The molecule has 0 aliphatic carbocycles. The van der Waals surface area contributed by atoms with Gasteiger partial charge in [-0.15, -0.1) is 0 Å². The van der Waals surface area contributed by atoms with Crippen molar-refractivity contribution in [2.24, 2.45) is 0 Å². The van der Waals surface area contributed by atoms with Gasteiger partial charge >= 0.3 is 0 Å². The largest absolute Gasteiger partial charge is 0.494 e. The third kappa shape index (κ3) is 4.46. The van der Waals surface area contributed by atoms with Gasteiger partial charge < -0.3 is 10.1 Å². The van der Waals surface area contributed by atoms with E-state index in [2.05, 4.69) is 15.4 Å². The van der Waals surface area contributed by atoms with Crippen LogP contribution in [0.25, 0.3) is 0 Å². The summed E-state index contributed by atoms with van der Waals surface area (Å²) in [5.74, 6) is -0.627. The van der Waals surface area contributed by atoms with Crippen molar-refractivity contribution in [2.75, 3.05) is 11.5 Å². The summed E-state index contributed by atoms with van der Waals surface area (Å²) in [4.78, 5) is 44.5. The van der Waals surface area contributed by atoms with Gasteiger partial charge in [-0.25, -0.2) is 9.88 Å². The molecular weight excluding hydrogens is 458 g/mol. The summed E-state index contributed by atoms with van der Waals surface area (Å²) in [6, 6.07) is 20.4. The maximum absolute atomic E-state index is 13.2. The summed E-state index contributed by atoms with van der Waals surface area (Å²) < 4.78 is 7.07. The third-order valence-corrected chi connectivity index (χ3v) is 5.90. The molecule has 0 radical (unpaired) electrons. The molecule has 1 atom stereocenters. The van der Waals surface area contributed by atoms with E-state index in [9.17, 15) is 14.4 Å². The summed E-state index contributed by atoms with van der Waals surface area (Å²) in [5, 5.41) is 7.15. The molecule has 3 amide bonds. The quantitative estimate of drug-likeness (QED) is 0.385. The van der Waals surface area contributed by atoms with Crippen LogP contribution in [0.1, 0.15) is 49.6 Å². The second-order valence-corrected chi connectivity index (χ2v) is 8.19. The second-order valence-electron chi connectivity index (χ2n) is 8.19. The first-order chi connectivity index (χ1) is 17.5. The Morgan fingerprint density at radius 1 is 0.972 bits per heavy atom. The number of benzene rings is 3. The Balaban J connectivity index is 1.38. The van der Waals surface area contributed by atoms with Gasteiger partial charge in [-0.2, -0.15) is 5.10 Å². The minimum atomic E-state index is -0.476. The molecule has 3 aromatic carbocycles. The zero-order chi connectivity index (χ0) is 25.1. The van der Waals surface area contributed by atoms with E-state index in [1.807, 2.05) is 37.3 Å². The molecule has 0 fully saturated rings. The highest BCUT2D eigenvalue weighted by atomic mass is 16.5. The smallest absolute Gasteiger partial charge is 0.266 e. The number of carbonyl (C=O) groups excluding carboxylic acids is 3. The normalized spacial score (nSPS) is 13.4. The highest BCUT2D eigenvalue weighted by Gasteiger charge is 2.37. The molecule has 180 valence electrons. The molecular formula is C27H23N5O4. The number of carbonyl (C=O) groups is 3. The average Bonchev–Trinajstić information content (AvgIpc) is 3.51. The maximum atomic E-state index is 13.2. The molecule has 1 aromatic heterocycles. The zero-order valence-electron chi connectivity index (χ0n) is 19.5.